The van der Waals surface area contributed by atoms with E-state index in [0.29, 0.717) is 17.2 Å². The average Bonchev–Trinajstić information content (AvgIpc) is 3.02. The number of alkyl carbamates (subject to hydrolysis) is 1. The number of halogens is 1. The second-order valence-corrected chi connectivity index (χ2v) is 9.68. The lowest BCUT2D eigenvalue weighted by Crippen LogP contribution is -2.53. The largest absolute Gasteiger partial charge is 0.486 e. The van der Waals surface area contributed by atoms with Gasteiger partial charge in [-0.3, -0.25) is 4.90 Å². The van der Waals surface area contributed by atoms with Gasteiger partial charge in [0.15, 0.2) is 0 Å². The van der Waals surface area contributed by atoms with Crippen LogP contribution in [0.15, 0.2) is 54.6 Å². The van der Waals surface area contributed by atoms with Gasteiger partial charge in [0.2, 0.25) is 0 Å². The fourth-order valence-corrected chi connectivity index (χ4v) is 4.26. The Morgan fingerprint density at radius 3 is 2.47 bits per heavy atom. The molecule has 2 aromatic rings. The Balaban J connectivity index is 1.74. The van der Waals surface area contributed by atoms with E-state index in [1.165, 1.54) is 5.56 Å². The number of carbonyl (C=O) groups is 1. The first kappa shape index (κ1) is 24.4. The number of benzene rings is 2. The summed E-state index contributed by atoms with van der Waals surface area (Å²) in [5.74, 6) is 0.516. The fourth-order valence-electron chi connectivity index (χ4n) is 4.08. The Kier molecular flexibility index (Phi) is 8.04. The van der Waals surface area contributed by atoms with E-state index in [1.54, 1.807) is 12.1 Å². The van der Waals surface area contributed by atoms with Crippen LogP contribution in [-0.4, -0.2) is 59.6 Å². The minimum atomic E-state index is -0.813. The SMILES string of the molecule is CN(CCc1ccccc1)[C@@H]1[C@@H](O)[C@H](Oc2ccccc2Cl)C[C@H]1NC(=O)OC(C)(C)C. The number of rotatable bonds is 7. The molecule has 3 rings (SSSR count). The molecule has 0 bridgehead atoms. The average molecular weight is 461 g/mol. The second-order valence-electron chi connectivity index (χ2n) is 9.27. The van der Waals surface area contributed by atoms with Gasteiger partial charge in [0.05, 0.1) is 17.1 Å². The van der Waals surface area contributed by atoms with E-state index in [2.05, 4.69) is 22.3 Å². The molecule has 6 nitrogen and oxygen atoms in total. The molecule has 0 spiro atoms. The fraction of sp³-hybridized carbons (Fsp3) is 0.480. The number of ether oxygens (including phenoxy) is 2. The molecule has 4 atom stereocenters. The predicted octanol–water partition coefficient (Wildman–Crippen LogP) is 4.29. The van der Waals surface area contributed by atoms with Crippen molar-refractivity contribution in [3.63, 3.8) is 0 Å². The summed E-state index contributed by atoms with van der Waals surface area (Å²) in [7, 11) is 1.96. The first-order valence-corrected chi connectivity index (χ1v) is 11.3. The first-order valence-electron chi connectivity index (χ1n) is 11.0. The van der Waals surface area contributed by atoms with E-state index in [9.17, 15) is 9.90 Å². The molecule has 0 heterocycles. The topological polar surface area (TPSA) is 71.0 Å². The van der Waals surface area contributed by atoms with Gasteiger partial charge in [-0.2, -0.15) is 0 Å². The van der Waals surface area contributed by atoms with Gasteiger partial charge in [-0.15, -0.1) is 0 Å². The van der Waals surface area contributed by atoms with E-state index in [-0.39, 0.29) is 12.1 Å². The molecular weight excluding hydrogens is 428 g/mol. The molecule has 0 saturated heterocycles. The van der Waals surface area contributed by atoms with Crippen LogP contribution in [0.1, 0.15) is 32.8 Å². The predicted molar refractivity (Wildman–Crippen MR) is 126 cm³/mol. The summed E-state index contributed by atoms with van der Waals surface area (Å²) in [5, 5.41) is 14.6. The zero-order valence-electron chi connectivity index (χ0n) is 19.1. The van der Waals surface area contributed by atoms with Gasteiger partial charge < -0.3 is 19.9 Å². The molecular formula is C25H33ClN2O4. The van der Waals surface area contributed by atoms with Crippen molar-refractivity contribution < 1.29 is 19.4 Å². The molecule has 1 fully saturated rings. The number of nitrogens with one attached hydrogen (secondary N) is 1. The third-order valence-electron chi connectivity index (χ3n) is 5.55. The Morgan fingerprint density at radius 1 is 1.16 bits per heavy atom. The highest BCUT2D eigenvalue weighted by atomic mass is 35.5. The van der Waals surface area contributed by atoms with Crippen molar-refractivity contribution in [2.45, 2.75) is 63.5 Å². The van der Waals surface area contributed by atoms with Crippen LogP contribution >= 0.6 is 11.6 Å². The van der Waals surface area contributed by atoms with Crippen molar-refractivity contribution in [1.29, 1.82) is 0 Å². The maximum absolute atomic E-state index is 12.5. The van der Waals surface area contributed by atoms with Gasteiger partial charge in [-0.1, -0.05) is 54.1 Å². The van der Waals surface area contributed by atoms with Crippen LogP contribution in [0.25, 0.3) is 0 Å². The van der Waals surface area contributed by atoms with Crippen molar-refractivity contribution >= 4 is 17.7 Å². The number of hydrogen-bond acceptors (Lipinski definition) is 5. The van der Waals surface area contributed by atoms with Crippen LogP contribution < -0.4 is 10.1 Å². The lowest BCUT2D eigenvalue weighted by Gasteiger charge is -2.32. The number of hydrogen-bond donors (Lipinski definition) is 2. The van der Waals surface area contributed by atoms with Gasteiger partial charge in [0.25, 0.3) is 0 Å². The number of para-hydroxylation sites is 1. The van der Waals surface area contributed by atoms with Crippen molar-refractivity contribution in [3.05, 3.63) is 65.2 Å². The molecule has 0 aliphatic heterocycles. The van der Waals surface area contributed by atoms with Crippen molar-refractivity contribution in [2.75, 3.05) is 13.6 Å². The third kappa shape index (κ3) is 6.61. The maximum atomic E-state index is 12.5. The smallest absolute Gasteiger partial charge is 0.407 e. The van der Waals surface area contributed by atoms with Crippen molar-refractivity contribution in [1.82, 2.24) is 10.2 Å². The highest BCUT2D eigenvalue weighted by molar-refractivity contribution is 6.32. The molecule has 0 unspecified atom stereocenters. The van der Waals surface area contributed by atoms with Crippen molar-refractivity contribution in [3.8, 4) is 5.75 Å². The first-order chi connectivity index (χ1) is 15.1. The quantitative estimate of drug-likeness (QED) is 0.645. The zero-order valence-corrected chi connectivity index (χ0v) is 19.9. The Morgan fingerprint density at radius 2 is 1.81 bits per heavy atom. The van der Waals surface area contributed by atoms with E-state index in [1.807, 2.05) is 58.2 Å². The number of likely N-dealkylation sites (N-methyl/N-ethyl adjacent to an activating group) is 1. The van der Waals surface area contributed by atoms with Crippen LogP contribution in [0.2, 0.25) is 5.02 Å². The maximum Gasteiger partial charge on any atom is 0.407 e. The summed E-state index contributed by atoms with van der Waals surface area (Å²) in [5.41, 5.74) is 0.607. The van der Waals surface area contributed by atoms with Gasteiger partial charge >= 0.3 is 6.09 Å². The Bertz CT molecular complexity index is 887. The minimum absolute atomic E-state index is 0.335. The molecule has 7 heteroatoms. The number of aliphatic hydroxyl groups excluding tert-OH is 1. The molecule has 1 amide bonds. The highest BCUT2D eigenvalue weighted by Crippen LogP contribution is 2.32. The molecule has 174 valence electrons. The Hall–Kier alpha value is -2.28. The minimum Gasteiger partial charge on any atom is -0.486 e. The second kappa shape index (κ2) is 10.6. The highest BCUT2D eigenvalue weighted by Gasteiger charge is 2.47. The third-order valence-corrected chi connectivity index (χ3v) is 5.86. The summed E-state index contributed by atoms with van der Waals surface area (Å²) in [4.78, 5) is 14.6. The van der Waals surface area contributed by atoms with Crippen LogP contribution in [-0.2, 0) is 11.2 Å². The Labute approximate surface area is 195 Å². The molecule has 1 saturated carbocycles. The van der Waals surface area contributed by atoms with Crippen LogP contribution in [0.3, 0.4) is 0 Å². The number of nitrogens with zero attached hydrogens (tertiary/aromatic N) is 1. The van der Waals surface area contributed by atoms with E-state index >= 15 is 0 Å². The summed E-state index contributed by atoms with van der Waals surface area (Å²) < 4.78 is 11.5. The zero-order chi connectivity index (χ0) is 23.3. The molecule has 0 aromatic heterocycles. The number of aliphatic hydroxyl groups is 1. The van der Waals surface area contributed by atoms with Gasteiger partial charge in [0.1, 0.15) is 23.6 Å². The lowest BCUT2D eigenvalue weighted by atomic mass is 10.1. The standard InChI is InChI=1S/C25H33ClN2O4/c1-25(2,3)32-24(30)27-19-16-21(31-20-13-9-8-12-18(20)26)23(29)22(19)28(4)15-14-17-10-6-5-7-11-17/h5-13,19,21-23,29H,14-16H2,1-4H3,(H,27,30)/t19-,21-,22+,23+/m1/s1. The van der Waals surface area contributed by atoms with Crippen LogP contribution in [0, 0.1) is 0 Å². The van der Waals surface area contributed by atoms with Crippen molar-refractivity contribution in [2.24, 2.45) is 0 Å². The summed E-state index contributed by atoms with van der Waals surface area (Å²) >= 11 is 6.25. The molecule has 2 N–H and O–H groups in total. The lowest BCUT2D eigenvalue weighted by molar-refractivity contribution is 0.0133. The van der Waals surface area contributed by atoms with Crippen LogP contribution in [0.5, 0.6) is 5.75 Å². The molecule has 0 radical (unpaired) electrons. The molecule has 2 aromatic carbocycles. The molecule has 32 heavy (non-hydrogen) atoms. The molecule has 1 aliphatic carbocycles. The summed E-state index contributed by atoms with van der Waals surface area (Å²) in [6, 6.07) is 16.7. The normalized spacial score (nSPS) is 23.2. The monoisotopic (exact) mass is 460 g/mol. The van der Waals surface area contributed by atoms with Crippen LogP contribution in [0.4, 0.5) is 4.79 Å². The van der Waals surface area contributed by atoms with E-state index < -0.39 is 23.9 Å². The summed E-state index contributed by atoms with van der Waals surface area (Å²) in [6.07, 6.45) is -0.567. The molecule has 1 aliphatic rings. The number of amides is 1. The van der Waals surface area contributed by atoms with Gasteiger partial charge in [0, 0.05) is 13.0 Å². The van der Waals surface area contributed by atoms with E-state index in [0.717, 1.165) is 13.0 Å². The number of carbonyl (C=O) groups excluding carboxylic acids is 1. The summed E-state index contributed by atoms with van der Waals surface area (Å²) in [6.45, 7) is 6.19. The van der Waals surface area contributed by atoms with Gasteiger partial charge in [-0.25, -0.2) is 4.79 Å². The van der Waals surface area contributed by atoms with Gasteiger partial charge in [-0.05, 0) is 51.9 Å². The van der Waals surface area contributed by atoms with E-state index in [4.69, 9.17) is 21.1 Å².